The van der Waals surface area contributed by atoms with Gasteiger partial charge in [0, 0.05) is 31.2 Å². The fraction of sp³-hybridized carbons (Fsp3) is 0.333. The van der Waals surface area contributed by atoms with Crippen molar-refractivity contribution in [2.24, 2.45) is 0 Å². The summed E-state index contributed by atoms with van der Waals surface area (Å²) in [6.45, 7) is 2.03. The molecule has 1 aliphatic rings. The number of aromatic nitrogens is 5. The van der Waals surface area contributed by atoms with Gasteiger partial charge in [-0.2, -0.15) is 0 Å². The van der Waals surface area contributed by atoms with Crippen LogP contribution in [-0.4, -0.2) is 44.1 Å². The lowest BCUT2D eigenvalue weighted by atomic mass is 10.1. The van der Waals surface area contributed by atoms with Crippen molar-refractivity contribution in [2.45, 2.75) is 18.9 Å². The molecule has 0 amide bonds. The van der Waals surface area contributed by atoms with Crippen LogP contribution in [0.3, 0.4) is 0 Å². The van der Waals surface area contributed by atoms with Crippen LogP contribution < -0.4 is 10.6 Å². The molecule has 1 aliphatic heterocycles. The largest absolute Gasteiger partial charge is 0.364 e. The van der Waals surface area contributed by atoms with Crippen molar-refractivity contribution in [3.05, 3.63) is 30.9 Å². The first kappa shape index (κ1) is 13.1. The molecule has 3 N–H and O–H groups in total. The molecular formula is C15H17N7. The maximum Gasteiger partial charge on any atom is 0.156 e. The van der Waals surface area contributed by atoms with Crippen LogP contribution in [0.5, 0.6) is 0 Å². The number of nitrogens with one attached hydrogen (secondary N) is 3. The van der Waals surface area contributed by atoms with Crippen molar-refractivity contribution in [3.8, 4) is 11.4 Å². The van der Waals surface area contributed by atoms with Crippen LogP contribution >= 0.6 is 0 Å². The zero-order valence-electron chi connectivity index (χ0n) is 12.1. The Bertz CT molecular complexity index is 776. The van der Waals surface area contributed by atoms with E-state index in [4.69, 9.17) is 0 Å². The molecule has 112 valence electrons. The Morgan fingerprint density at radius 1 is 1.18 bits per heavy atom. The first-order chi connectivity index (χ1) is 10.9. The highest BCUT2D eigenvalue weighted by atomic mass is 15.1. The average Bonchev–Trinajstić information content (AvgIpc) is 3.04. The topological polar surface area (TPSA) is 91.4 Å². The normalized spacial score (nSPS) is 18.5. The van der Waals surface area contributed by atoms with Gasteiger partial charge in [-0.05, 0) is 25.5 Å². The average molecular weight is 295 g/mol. The maximum atomic E-state index is 4.61. The van der Waals surface area contributed by atoms with Crippen LogP contribution in [0.25, 0.3) is 22.6 Å². The van der Waals surface area contributed by atoms with Crippen molar-refractivity contribution in [2.75, 3.05) is 18.4 Å². The van der Waals surface area contributed by atoms with E-state index in [0.29, 0.717) is 6.04 Å². The lowest BCUT2D eigenvalue weighted by Crippen LogP contribution is -2.38. The first-order valence-electron chi connectivity index (χ1n) is 7.49. The van der Waals surface area contributed by atoms with Gasteiger partial charge in [0.05, 0.1) is 6.20 Å². The Labute approximate surface area is 127 Å². The molecule has 3 aromatic heterocycles. The van der Waals surface area contributed by atoms with Crippen molar-refractivity contribution < 1.29 is 0 Å². The minimum absolute atomic E-state index is 0.369. The van der Waals surface area contributed by atoms with Crippen molar-refractivity contribution in [1.82, 2.24) is 30.2 Å². The van der Waals surface area contributed by atoms with Crippen molar-refractivity contribution in [3.63, 3.8) is 0 Å². The summed E-state index contributed by atoms with van der Waals surface area (Å²) in [6.07, 6.45) is 9.24. The zero-order valence-corrected chi connectivity index (χ0v) is 12.1. The van der Waals surface area contributed by atoms with Gasteiger partial charge in [0.25, 0.3) is 0 Å². The molecule has 4 rings (SSSR count). The molecule has 0 saturated carbocycles. The molecule has 1 fully saturated rings. The second kappa shape index (κ2) is 5.69. The minimum atomic E-state index is 0.369. The van der Waals surface area contributed by atoms with Gasteiger partial charge in [-0.25, -0.2) is 19.9 Å². The molecule has 7 nitrogen and oxygen atoms in total. The SMILES string of the molecule is c1cnc(-c2cnc3[nH]ccc3n2)c(N[C@H]2CCCNC2)n1. The van der Waals surface area contributed by atoms with Gasteiger partial charge in [0.2, 0.25) is 0 Å². The third-order valence-electron chi connectivity index (χ3n) is 3.84. The van der Waals surface area contributed by atoms with Crippen LogP contribution in [0, 0.1) is 0 Å². The number of rotatable bonds is 3. The van der Waals surface area contributed by atoms with E-state index in [9.17, 15) is 0 Å². The van der Waals surface area contributed by atoms with Crippen LogP contribution in [0.2, 0.25) is 0 Å². The van der Waals surface area contributed by atoms with Gasteiger partial charge in [-0.15, -0.1) is 0 Å². The summed E-state index contributed by atoms with van der Waals surface area (Å²) in [4.78, 5) is 20.9. The smallest absolute Gasteiger partial charge is 0.156 e. The fourth-order valence-corrected chi connectivity index (χ4v) is 2.74. The molecule has 0 aliphatic carbocycles. The van der Waals surface area contributed by atoms with E-state index in [0.717, 1.165) is 47.9 Å². The third-order valence-corrected chi connectivity index (χ3v) is 3.84. The monoisotopic (exact) mass is 295 g/mol. The van der Waals surface area contributed by atoms with Crippen LogP contribution in [0.1, 0.15) is 12.8 Å². The Morgan fingerprint density at radius 3 is 3.05 bits per heavy atom. The number of fused-ring (bicyclic) bond motifs is 1. The molecule has 3 aromatic rings. The number of anilines is 1. The predicted molar refractivity (Wildman–Crippen MR) is 84.4 cm³/mol. The number of H-pyrrole nitrogens is 1. The molecule has 7 heteroatoms. The molecule has 4 heterocycles. The van der Waals surface area contributed by atoms with Crippen LogP contribution in [-0.2, 0) is 0 Å². The molecule has 1 saturated heterocycles. The molecule has 0 bridgehead atoms. The summed E-state index contributed by atoms with van der Waals surface area (Å²) < 4.78 is 0. The number of hydrogen-bond donors (Lipinski definition) is 3. The molecule has 0 unspecified atom stereocenters. The van der Waals surface area contributed by atoms with Crippen LogP contribution in [0.4, 0.5) is 5.82 Å². The number of nitrogens with zero attached hydrogens (tertiary/aromatic N) is 4. The highest BCUT2D eigenvalue weighted by Gasteiger charge is 2.17. The molecule has 0 spiro atoms. The number of aromatic amines is 1. The standard InChI is InChI=1S/C15H17N7/c1-2-10(8-16-4-1)21-15-13(17-6-7-19-15)12-9-20-14-11(22-12)3-5-18-14/h3,5-7,9-10,16H,1-2,4,8H2,(H,18,20)(H,19,21)/t10-/m0/s1. The zero-order chi connectivity index (χ0) is 14.8. The quantitative estimate of drug-likeness (QED) is 0.679. The van der Waals surface area contributed by atoms with Gasteiger partial charge in [0.15, 0.2) is 11.5 Å². The summed E-state index contributed by atoms with van der Waals surface area (Å²) in [5.74, 6) is 0.764. The number of piperidine rings is 1. The van der Waals surface area contributed by atoms with E-state index in [1.54, 1.807) is 18.6 Å². The number of hydrogen-bond acceptors (Lipinski definition) is 6. The summed E-state index contributed by atoms with van der Waals surface area (Å²) in [6, 6.07) is 2.27. The summed E-state index contributed by atoms with van der Waals surface area (Å²) in [5, 5.41) is 6.87. The highest BCUT2D eigenvalue weighted by Crippen LogP contribution is 2.23. The van der Waals surface area contributed by atoms with Gasteiger partial charge < -0.3 is 15.6 Å². The minimum Gasteiger partial charge on any atom is -0.364 e. The van der Waals surface area contributed by atoms with Gasteiger partial charge in [-0.3, -0.25) is 0 Å². The lowest BCUT2D eigenvalue weighted by molar-refractivity contribution is 0.479. The molecular weight excluding hydrogens is 278 g/mol. The van der Waals surface area contributed by atoms with Gasteiger partial charge >= 0.3 is 0 Å². The second-order valence-corrected chi connectivity index (χ2v) is 5.41. The molecule has 0 aromatic carbocycles. The molecule has 1 atom stereocenters. The van der Waals surface area contributed by atoms with E-state index in [-0.39, 0.29) is 0 Å². The van der Waals surface area contributed by atoms with Gasteiger partial charge in [0.1, 0.15) is 16.9 Å². The Kier molecular flexibility index (Phi) is 3.40. The summed E-state index contributed by atoms with van der Waals surface area (Å²) in [5.41, 5.74) is 3.07. The lowest BCUT2D eigenvalue weighted by Gasteiger charge is -2.24. The van der Waals surface area contributed by atoms with E-state index < -0.39 is 0 Å². The van der Waals surface area contributed by atoms with Gasteiger partial charge in [-0.1, -0.05) is 0 Å². The molecule has 22 heavy (non-hydrogen) atoms. The first-order valence-corrected chi connectivity index (χ1v) is 7.49. The predicted octanol–water partition coefficient (Wildman–Crippen LogP) is 1.58. The second-order valence-electron chi connectivity index (χ2n) is 5.41. The molecule has 0 radical (unpaired) electrons. The van der Waals surface area contributed by atoms with E-state index in [2.05, 4.69) is 35.6 Å². The van der Waals surface area contributed by atoms with Crippen LogP contribution in [0.15, 0.2) is 30.9 Å². The maximum absolute atomic E-state index is 4.61. The van der Waals surface area contributed by atoms with E-state index in [1.807, 2.05) is 12.3 Å². The van der Waals surface area contributed by atoms with Crippen molar-refractivity contribution in [1.29, 1.82) is 0 Å². The Balaban J connectivity index is 1.68. The van der Waals surface area contributed by atoms with E-state index in [1.165, 1.54) is 6.42 Å². The fourth-order valence-electron chi connectivity index (χ4n) is 2.74. The van der Waals surface area contributed by atoms with E-state index >= 15 is 0 Å². The third kappa shape index (κ3) is 2.50. The van der Waals surface area contributed by atoms with Crippen molar-refractivity contribution >= 4 is 17.0 Å². The Morgan fingerprint density at radius 2 is 2.14 bits per heavy atom. The summed E-state index contributed by atoms with van der Waals surface area (Å²) >= 11 is 0. The summed E-state index contributed by atoms with van der Waals surface area (Å²) in [7, 11) is 0. The highest BCUT2D eigenvalue weighted by molar-refractivity contribution is 5.76. The Hall–Kier alpha value is -2.54.